The summed E-state index contributed by atoms with van der Waals surface area (Å²) >= 11 is 0. The Bertz CT molecular complexity index is 1610. The fourth-order valence-corrected chi connectivity index (χ4v) is 5.31. The molecule has 4 aromatic rings. The summed E-state index contributed by atoms with van der Waals surface area (Å²) < 4.78 is 30.8. The number of aromatic nitrogens is 2. The maximum atomic E-state index is 12.6. The molecular formula is C33H32N2O8. The molecule has 1 aliphatic heterocycles. The number of nitrogens with one attached hydrogen (secondary N) is 1. The molecule has 1 aliphatic rings. The second-order valence-electron chi connectivity index (χ2n) is 9.87. The second-order valence-corrected chi connectivity index (χ2v) is 9.87. The number of methoxy groups -OCH3 is 2. The van der Waals surface area contributed by atoms with Gasteiger partial charge >= 0.3 is 5.69 Å². The Hall–Kier alpha value is -4.66. The molecule has 0 saturated carbocycles. The van der Waals surface area contributed by atoms with Crippen molar-refractivity contribution in [3.63, 3.8) is 0 Å². The Labute approximate surface area is 248 Å². The van der Waals surface area contributed by atoms with Crippen molar-refractivity contribution < 1.29 is 28.8 Å². The lowest BCUT2D eigenvalue weighted by atomic mass is 9.80. The summed E-state index contributed by atoms with van der Waals surface area (Å²) in [7, 11) is 3.20. The van der Waals surface area contributed by atoms with Crippen LogP contribution in [-0.4, -0.2) is 60.4 Å². The van der Waals surface area contributed by atoms with Crippen molar-refractivity contribution in [2.45, 2.75) is 30.1 Å². The molecule has 3 aromatic carbocycles. The number of hydrogen-bond acceptors (Lipinski definition) is 8. The minimum Gasteiger partial charge on any atom is -0.497 e. The number of terminal acetylenes is 1. The van der Waals surface area contributed by atoms with Crippen LogP contribution < -0.4 is 20.7 Å². The summed E-state index contributed by atoms with van der Waals surface area (Å²) in [5.74, 6) is 3.74. The summed E-state index contributed by atoms with van der Waals surface area (Å²) in [6.45, 7) is -0.239. The van der Waals surface area contributed by atoms with Crippen molar-refractivity contribution in [2.24, 2.45) is 0 Å². The number of ether oxygens (including phenoxy) is 5. The molecular weight excluding hydrogens is 552 g/mol. The van der Waals surface area contributed by atoms with Gasteiger partial charge in [0.2, 0.25) is 0 Å². The lowest BCUT2D eigenvalue weighted by Crippen LogP contribution is -2.41. The van der Waals surface area contributed by atoms with Crippen molar-refractivity contribution in [3.8, 4) is 23.8 Å². The van der Waals surface area contributed by atoms with Gasteiger partial charge in [-0.1, -0.05) is 60.5 Å². The highest BCUT2D eigenvalue weighted by molar-refractivity contribution is 5.49. The molecule has 222 valence electrons. The smallest absolute Gasteiger partial charge is 0.330 e. The van der Waals surface area contributed by atoms with Gasteiger partial charge in [0, 0.05) is 12.3 Å². The lowest BCUT2D eigenvalue weighted by molar-refractivity contribution is -0.0973. The van der Waals surface area contributed by atoms with Crippen LogP contribution in [0.1, 0.15) is 22.9 Å². The quantitative estimate of drug-likeness (QED) is 0.204. The highest BCUT2D eigenvalue weighted by atomic mass is 16.6. The van der Waals surface area contributed by atoms with E-state index >= 15 is 0 Å². The molecule has 0 amide bonds. The molecule has 0 aliphatic carbocycles. The van der Waals surface area contributed by atoms with E-state index in [0.29, 0.717) is 11.5 Å². The van der Waals surface area contributed by atoms with Crippen molar-refractivity contribution >= 4 is 0 Å². The molecule has 2 N–H and O–H groups in total. The fraction of sp³-hybridized carbons (Fsp3) is 0.273. The number of hydrogen-bond donors (Lipinski definition) is 2. The molecule has 0 spiro atoms. The minimum atomic E-state index is -1.22. The van der Waals surface area contributed by atoms with Gasteiger partial charge in [0.1, 0.15) is 42.0 Å². The molecule has 10 nitrogen and oxygen atoms in total. The van der Waals surface area contributed by atoms with E-state index < -0.39 is 41.4 Å². The third-order valence-electron chi connectivity index (χ3n) is 7.43. The van der Waals surface area contributed by atoms with Gasteiger partial charge in [-0.15, -0.1) is 6.42 Å². The molecule has 1 fully saturated rings. The topological polar surface area (TPSA) is 121 Å². The molecule has 4 atom stereocenters. The molecule has 5 rings (SSSR count). The van der Waals surface area contributed by atoms with Gasteiger partial charge in [-0.3, -0.25) is 14.3 Å². The first-order valence-electron chi connectivity index (χ1n) is 13.6. The van der Waals surface area contributed by atoms with E-state index in [4.69, 9.17) is 30.1 Å². The first kappa shape index (κ1) is 29.8. The van der Waals surface area contributed by atoms with E-state index in [2.05, 4.69) is 10.9 Å². The van der Waals surface area contributed by atoms with Crippen molar-refractivity contribution in [3.05, 3.63) is 129 Å². The highest BCUT2D eigenvalue weighted by Crippen LogP contribution is 2.43. The van der Waals surface area contributed by atoms with E-state index in [1.807, 2.05) is 78.9 Å². The summed E-state index contributed by atoms with van der Waals surface area (Å²) in [6.07, 6.45) is 2.45. The van der Waals surface area contributed by atoms with Crippen molar-refractivity contribution in [2.75, 3.05) is 27.4 Å². The van der Waals surface area contributed by atoms with Gasteiger partial charge in [0.15, 0.2) is 6.23 Å². The summed E-state index contributed by atoms with van der Waals surface area (Å²) in [6, 6.07) is 25.9. The average Bonchev–Trinajstić information content (AvgIpc) is 3.35. The Morgan fingerprint density at radius 2 is 1.49 bits per heavy atom. The third kappa shape index (κ3) is 5.98. The van der Waals surface area contributed by atoms with E-state index in [9.17, 15) is 14.7 Å². The molecule has 0 radical (unpaired) electrons. The van der Waals surface area contributed by atoms with Crippen LogP contribution in [0.3, 0.4) is 0 Å². The van der Waals surface area contributed by atoms with E-state index in [1.165, 1.54) is 12.3 Å². The maximum Gasteiger partial charge on any atom is 0.330 e. The zero-order chi connectivity index (χ0) is 30.4. The zero-order valence-electron chi connectivity index (χ0n) is 23.7. The molecule has 0 bridgehead atoms. The van der Waals surface area contributed by atoms with Crippen LogP contribution in [0.4, 0.5) is 0 Å². The van der Waals surface area contributed by atoms with Crippen LogP contribution in [0.25, 0.3) is 0 Å². The van der Waals surface area contributed by atoms with Crippen LogP contribution in [-0.2, 0) is 19.8 Å². The van der Waals surface area contributed by atoms with Crippen LogP contribution in [0, 0.1) is 12.3 Å². The molecule has 10 heteroatoms. The van der Waals surface area contributed by atoms with Gasteiger partial charge in [-0.2, -0.15) is 0 Å². The van der Waals surface area contributed by atoms with Gasteiger partial charge in [-0.05, 0) is 41.0 Å². The normalized spacial score (nSPS) is 20.0. The summed E-state index contributed by atoms with van der Waals surface area (Å²) in [5, 5.41) is 11.4. The first-order valence-corrected chi connectivity index (χ1v) is 13.6. The molecule has 1 saturated heterocycles. The summed E-state index contributed by atoms with van der Waals surface area (Å²) in [4.78, 5) is 26.5. The SMILES string of the molecule is C#CCO[C@@H]1[C@H](O)[C@@H](COC(c2ccccc2)(c2ccc(OC)cc2)c2ccc(OC)cc2)O[C@H]1n1ccc(=O)[nH]c1=O. The van der Waals surface area contributed by atoms with Gasteiger partial charge in [-0.25, -0.2) is 4.79 Å². The first-order chi connectivity index (χ1) is 20.9. The monoisotopic (exact) mass is 584 g/mol. The maximum absolute atomic E-state index is 12.6. The van der Waals surface area contributed by atoms with Crippen molar-refractivity contribution in [1.29, 1.82) is 0 Å². The average molecular weight is 585 g/mol. The van der Waals surface area contributed by atoms with Gasteiger partial charge in [0.25, 0.3) is 5.56 Å². The number of benzene rings is 3. The number of nitrogens with zero attached hydrogens (tertiary/aromatic N) is 1. The lowest BCUT2D eigenvalue weighted by Gasteiger charge is -2.37. The number of aliphatic hydroxyl groups is 1. The van der Waals surface area contributed by atoms with Crippen LogP contribution in [0.2, 0.25) is 0 Å². The van der Waals surface area contributed by atoms with Crippen molar-refractivity contribution in [1.82, 2.24) is 9.55 Å². The van der Waals surface area contributed by atoms with E-state index in [1.54, 1.807) is 14.2 Å². The third-order valence-corrected chi connectivity index (χ3v) is 7.43. The van der Waals surface area contributed by atoms with Crippen LogP contribution in [0.15, 0.2) is 101 Å². The number of aliphatic hydroxyl groups excluding tert-OH is 1. The van der Waals surface area contributed by atoms with Crippen LogP contribution >= 0.6 is 0 Å². The largest absolute Gasteiger partial charge is 0.497 e. The molecule has 1 aromatic heterocycles. The predicted molar refractivity (Wildman–Crippen MR) is 158 cm³/mol. The van der Waals surface area contributed by atoms with Gasteiger partial charge in [0.05, 0.1) is 20.8 Å². The number of aromatic amines is 1. The highest BCUT2D eigenvalue weighted by Gasteiger charge is 2.48. The Balaban J connectivity index is 1.57. The fourth-order valence-electron chi connectivity index (χ4n) is 5.31. The standard InChI is InChI=1S/C33H32N2O8/c1-4-20-41-30-29(37)27(43-31(30)35-19-18-28(36)34-32(35)38)21-42-33(22-8-6-5-7-9-22,23-10-14-25(39-2)15-11-23)24-12-16-26(40-3)17-13-24/h1,5-19,27,29-31,37H,20-21H2,2-3H3,(H,34,36,38)/t27-,29-,30-,31-/m1/s1. The second kappa shape index (κ2) is 13.1. The van der Waals surface area contributed by atoms with E-state index in [0.717, 1.165) is 21.3 Å². The molecule has 2 heterocycles. The number of rotatable bonds is 11. The van der Waals surface area contributed by atoms with E-state index in [-0.39, 0.29) is 13.2 Å². The predicted octanol–water partition coefficient (Wildman–Crippen LogP) is 2.84. The zero-order valence-corrected chi connectivity index (χ0v) is 23.7. The van der Waals surface area contributed by atoms with Crippen LogP contribution in [0.5, 0.6) is 11.5 Å². The molecule has 0 unspecified atom stereocenters. The summed E-state index contributed by atoms with van der Waals surface area (Å²) in [5.41, 5.74) is -0.0175. The molecule has 43 heavy (non-hydrogen) atoms. The number of H-pyrrole nitrogens is 1. The Kier molecular flexibility index (Phi) is 9.09. The Morgan fingerprint density at radius 3 is 2.02 bits per heavy atom. The van der Waals surface area contributed by atoms with Gasteiger partial charge < -0.3 is 28.8 Å². The Morgan fingerprint density at radius 1 is 0.907 bits per heavy atom. The minimum absolute atomic E-state index is 0.112.